The smallest absolute Gasteiger partial charge is 0.251 e. The van der Waals surface area contributed by atoms with Crippen LogP contribution in [0.2, 0.25) is 0 Å². The molecule has 0 aliphatic carbocycles. The molecule has 2 radical (unpaired) electrons. The fraction of sp³-hybridized carbons (Fsp3) is 0.357. The van der Waals surface area contributed by atoms with Crippen molar-refractivity contribution in [1.82, 2.24) is 4.57 Å². The first-order valence-electron chi connectivity index (χ1n) is 6.28. The van der Waals surface area contributed by atoms with Crippen molar-refractivity contribution in [1.29, 1.82) is 0 Å². The maximum atomic E-state index is 12.2. The fourth-order valence-electron chi connectivity index (χ4n) is 2.42. The number of hydrogen-bond acceptors (Lipinski definition) is 3. The number of nitrogens with zero attached hydrogens (tertiary/aromatic N) is 1. The third-order valence-electron chi connectivity index (χ3n) is 3.37. The monoisotopic (exact) mass is 255 g/mol. The first-order chi connectivity index (χ1) is 9.15. The number of benzene rings is 1. The molecule has 96 valence electrons. The zero-order valence-corrected chi connectivity index (χ0v) is 10.8. The van der Waals surface area contributed by atoms with Crippen molar-refractivity contribution in [3.8, 4) is 0 Å². The van der Waals surface area contributed by atoms with Gasteiger partial charge >= 0.3 is 0 Å². The Labute approximate surface area is 112 Å². The summed E-state index contributed by atoms with van der Waals surface area (Å²) in [5, 5.41) is 1.02. The lowest BCUT2D eigenvalue weighted by atomic mass is 9.94. The van der Waals surface area contributed by atoms with Crippen molar-refractivity contribution >= 4 is 24.2 Å². The second-order valence-corrected chi connectivity index (χ2v) is 4.72. The number of fused-ring (bicyclic) bond motifs is 1. The van der Waals surface area contributed by atoms with E-state index in [-0.39, 0.29) is 11.8 Å². The molecular weight excluding hydrogens is 241 g/mol. The molecule has 1 aliphatic heterocycles. The summed E-state index contributed by atoms with van der Waals surface area (Å²) in [6.45, 7) is 3.46. The zero-order valence-electron chi connectivity index (χ0n) is 10.8. The van der Waals surface area contributed by atoms with Gasteiger partial charge < -0.3 is 14.0 Å². The highest BCUT2D eigenvalue weighted by molar-refractivity contribution is 6.33. The van der Waals surface area contributed by atoms with Crippen molar-refractivity contribution in [2.45, 2.75) is 19.8 Å². The summed E-state index contributed by atoms with van der Waals surface area (Å²) in [5.41, 5.74) is 2.35. The van der Waals surface area contributed by atoms with Gasteiger partial charge in [-0.15, -0.1) is 0 Å². The van der Waals surface area contributed by atoms with Crippen LogP contribution in [0.15, 0.2) is 29.1 Å². The molecule has 4 nitrogen and oxygen atoms in total. The summed E-state index contributed by atoms with van der Waals surface area (Å²) in [4.78, 5) is 12.2. The third kappa shape index (κ3) is 2.31. The van der Waals surface area contributed by atoms with E-state index in [4.69, 9.17) is 17.3 Å². The molecule has 1 saturated heterocycles. The Morgan fingerprint density at radius 1 is 1.32 bits per heavy atom. The molecule has 1 fully saturated rings. The molecule has 0 unspecified atom stereocenters. The molecule has 19 heavy (non-hydrogen) atoms. The molecule has 1 aromatic carbocycles. The van der Waals surface area contributed by atoms with Crippen molar-refractivity contribution in [3.05, 3.63) is 40.2 Å². The van der Waals surface area contributed by atoms with Crippen LogP contribution in [0.25, 0.3) is 10.9 Å². The van der Waals surface area contributed by atoms with E-state index in [2.05, 4.69) is 0 Å². The van der Waals surface area contributed by atoms with Gasteiger partial charge in [0.2, 0.25) is 0 Å². The highest BCUT2D eigenvalue weighted by atomic mass is 16.7. The van der Waals surface area contributed by atoms with E-state index >= 15 is 0 Å². The van der Waals surface area contributed by atoms with Gasteiger partial charge in [-0.1, -0.05) is 17.6 Å². The standard InChI is InChI=1S/C14H14BNO3/c1-9-6-13(17)16(8-14-18-4-5-19-14)12-7-10(15)2-3-11(9)12/h2-3,6-7,14H,4-5,8H2,1H3. The summed E-state index contributed by atoms with van der Waals surface area (Å²) in [6.07, 6.45) is -0.356. The minimum atomic E-state index is -0.356. The van der Waals surface area contributed by atoms with Gasteiger partial charge in [-0.2, -0.15) is 0 Å². The van der Waals surface area contributed by atoms with Gasteiger partial charge in [0.1, 0.15) is 7.85 Å². The van der Waals surface area contributed by atoms with Crippen molar-refractivity contribution in [2.24, 2.45) is 0 Å². The number of aromatic nitrogens is 1. The van der Waals surface area contributed by atoms with Crippen molar-refractivity contribution in [3.63, 3.8) is 0 Å². The van der Waals surface area contributed by atoms with Crippen LogP contribution in [0, 0.1) is 6.92 Å². The first kappa shape index (κ1) is 12.4. The molecule has 1 aromatic heterocycles. The van der Waals surface area contributed by atoms with Crippen LogP contribution in [-0.4, -0.2) is 31.9 Å². The number of pyridine rings is 1. The lowest BCUT2D eigenvalue weighted by Crippen LogP contribution is -2.28. The summed E-state index contributed by atoms with van der Waals surface area (Å²) >= 11 is 0. The molecule has 0 N–H and O–H groups in total. The lowest BCUT2D eigenvalue weighted by molar-refractivity contribution is -0.0522. The van der Waals surface area contributed by atoms with Gasteiger partial charge in [-0.25, -0.2) is 0 Å². The van der Waals surface area contributed by atoms with E-state index in [1.54, 1.807) is 10.6 Å². The first-order valence-corrected chi connectivity index (χ1v) is 6.28. The summed E-state index contributed by atoms with van der Waals surface area (Å²) in [7, 11) is 5.82. The Hall–Kier alpha value is -1.59. The van der Waals surface area contributed by atoms with Gasteiger partial charge in [0.25, 0.3) is 5.56 Å². The molecule has 2 heterocycles. The van der Waals surface area contributed by atoms with E-state index in [1.807, 2.05) is 25.1 Å². The van der Waals surface area contributed by atoms with E-state index in [0.717, 1.165) is 16.5 Å². The van der Waals surface area contributed by atoms with Crippen LogP contribution in [0.1, 0.15) is 5.56 Å². The zero-order chi connectivity index (χ0) is 13.4. The Morgan fingerprint density at radius 2 is 2.05 bits per heavy atom. The van der Waals surface area contributed by atoms with Crippen LogP contribution in [-0.2, 0) is 16.0 Å². The Bertz CT molecular complexity index is 674. The predicted octanol–water partition coefficient (Wildman–Crippen LogP) is 0.477. The number of hydrogen-bond donors (Lipinski definition) is 0. The molecule has 3 rings (SSSR count). The minimum Gasteiger partial charge on any atom is -0.348 e. The Balaban J connectivity index is 2.15. The van der Waals surface area contributed by atoms with E-state index in [0.29, 0.717) is 25.2 Å². The molecule has 0 bridgehead atoms. The summed E-state index contributed by atoms with van der Waals surface area (Å²) < 4.78 is 12.5. The van der Waals surface area contributed by atoms with Gasteiger partial charge in [-0.3, -0.25) is 4.79 Å². The molecule has 2 aromatic rings. The predicted molar refractivity (Wildman–Crippen MR) is 74.0 cm³/mol. The van der Waals surface area contributed by atoms with E-state index in [9.17, 15) is 4.79 Å². The van der Waals surface area contributed by atoms with Gasteiger partial charge in [0.05, 0.1) is 25.3 Å². The van der Waals surface area contributed by atoms with E-state index < -0.39 is 0 Å². The van der Waals surface area contributed by atoms with Crippen LogP contribution in [0.3, 0.4) is 0 Å². The van der Waals surface area contributed by atoms with Gasteiger partial charge in [0, 0.05) is 11.5 Å². The Morgan fingerprint density at radius 3 is 2.79 bits per heavy atom. The normalized spacial score (nSPS) is 16.3. The summed E-state index contributed by atoms with van der Waals surface area (Å²) in [6, 6.07) is 7.23. The van der Waals surface area contributed by atoms with Crippen LogP contribution in [0.5, 0.6) is 0 Å². The second-order valence-electron chi connectivity index (χ2n) is 4.72. The molecule has 0 saturated carbocycles. The average Bonchev–Trinajstić information content (AvgIpc) is 2.87. The lowest BCUT2D eigenvalue weighted by Gasteiger charge is -2.15. The maximum Gasteiger partial charge on any atom is 0.251 e. The van der Waals surface area contributed by atoms with Gasteiger partial charge in [0.15, 0.2) is 6.29 Å². The average molecular weight is 255 g/mol. The molecule has 1 aliphatic rings. The van der Waals surface area contributed by atoms with E-state index in [1.165, 1.54) is 0 Å². The molecule has 0 atom stereocenters. The summed E-state index contributed by atoms with van der Waals surface area (Å²) in [5.74, 6) is 0. The molecule has 5 heteroatoms. The highest BCUT2D eigenvalue weighted by Crippen LogP contribution is 2.16. The Kier molecular flexibility index (Phi) is 3.17. The number of ether oxygens (including phenoxy) is 2. The number of rotatable bonds is 2. The van der Waals surface area contributed by atoms with Crippen LogP contribution < -0.4 is 11.0 Å². The largest absolute Gasteiger partial charge is 0.348 e. The molecule has 0 spiro atoms. The van der Waals surface area contributed by atoms with Gasteiger partial charge in [-0.05, 0) is 18.6 Å². The second kappa shape index (κ2) is 4.83. The van der Waals surface area contributed by atoms with Crippen LogP contribution in [0.4, 0.5) is 0 Å². The third-order valence-corrected chi connectivity index (χ3v) is 3.37. The topological polar surface area (TPSA) is 40.5 Å². The number of aryl methyl sites for hydroxylation is 1. The molecule has 0 amide bonds. The minimum absolute atomic E-state index is 0.0605. The van der Waals surface area contributed by atoms with Crippen LogP contribution >= 0.6 is 0 Å². The SMILES string of the molecule is [B]c1ccc2c(C)cc(=O)n(CC3OCCO3)c2c1. The maximum absolute atomic E-state index is 12.2. The molecular formula is C14H14BNO3. The van der Waals surface area contributed by atoms with Crippen molar-refractivity contribution in [2.75, 3.05) is 13.2 Å². The van der Waals surface area contributed by atoms with Crippen molar-refractivity contribution < 1.29 is 9.47 Å². The highest BCUT2D eigenvalue weighted by Gasteiger charge is 2.18. The quantitative estimate of drug-likeness (QED) is 0.733. The fourth-order valence-corrected chi connectivity index (χ4v) is 2.42.